The highest BCUT2D eigenvalue weighted by molar-refractivity contribution is 5.89. The lowest BCUT2D eigenvalue weighted by molar-refractivity contribution is -0.156. The van der Waals surface area contributed by atoms with Crippen molar-refractivity contribution < 1.29 is 37.7 Å². The molecule has 0 saturated heterocycles. The molecule has 0 saturated carbocycles. The molecule has 0 radical (unpaired) electrons. The zero-order chi connectivity index (χ0) is 19.8. The van der Waals surface area contributed by atoms with Gasteiger partial charge < -0.3 is 25.2 Å². The van der Waals surface area contributed by atoms with Crippen molar-refractivity contribution in [1.82, 2.24) is 10.6 Å². The number of carboxylic acids is 1. The van der Waals surface area contributed by atoms with E-state index in [0.717, 1.165) is 0 Å². The van der Waals surface area contributed by atoms with Crippen molar-refractivity contribution in [3.8, 4) is 0 Å². The van der Waals surface area contributed by atoms with Gasteiger partial charge in [0.05, 0.1) is 6.61 Å². The van der Waals surface area contributed by atoms with Gasteiger partial charge in [0.1, 0.15) is 11.6 Å². The Hall–Kier alpha value is -1.97. The number of alkyl halides is 2. The van der Waals surface area contributed by atoms with Gasteiger partial charge in [-0.15, -0.1) is 0 Å². The van der Waals surface area contributed by atoms with Crippen molar-refractivity contribution in [2.75, 3.05) is 6.61 Å². The van der Waals surface area contributed by atoms with Gasteiger partial charge in [-0.1, -0.05) is 13.8 Å². The predicted octanol–water partition coefficient (Wildman–Crippen LogP) is 1.73. The summed E-state index contributed by atoms with van der Waals surface area (Å²) in [6.45, 7) is 4.46. The fourth-order valence-corrected chi connectivity index (χ4v) is 1.77. The molecule has 0 spiro atoms. The highest BCUT2D eigenvalue weighted by Gasteiger charge is 2.29. The average Bonchev–Trinajstić information content (AvgIpc) is 2.39. The monoisotopic (exact) mass is 368 g/mol. The minimum Gasteiger partial charge on any atom is -0.480 e. The molecule has 25 heavy (non-hydrogen) atoms. The summed E-state index contributed by atoms with van der Waals surface area (Å²) in [7, 11) is 0. The van der Waals surface area contributed by atoms with Crippen LogP contribution in [0.1, 0.15) is 41.0 Å². The van der Waals surface area contributed by atoms with Crippen LogP contribution in [0, 0.1) is 5.92 Å². The van der Waals surface area contributed by atoms with E-state index in [9.17, 15) is 23.2 Å². The van der Waals surface area contributed by atoms with Gasteiger partial charge >= 0.3 is 18.7 Å². The van der Waals surface area contributed by atoms with E-state index in [2.05, 4.69) is 15.4 Å². The van der Waals surface area contributed by atoms with Crippen LogP contribution in [0.25, 0.3) is 0 Å². The molecule has 0 bridgehead atoms. The summed E-state index contributed by atoms with van der Waals surface area (Å²) in [5, 5.41) is 13.4. The van der Waals surface area contributed by atoms with E-state index in [-0.39, 0.29) is 12.3 Å². The van der Waals surface area contributed by atoms with Gasteiger partial charge in [0.15, 0.2) is 6.04 Å². The fourth-order valence-electron chi connectivity index (χ4n) is 1.77. The topological polar surface area (TPSA) is 114 Å². The van der Waals surface area contributed by atoms with Gasteiger partial charge in [-0.25, -0.2) is 9.59 Å². The quantitative estimate of drug-likeness (QED) is 0.571. The van der Waals surface area contributed by atoms with Crippen molar-refractivity contribution in [3.63, 3.8) is 0 Å². The third kappa shape index (κ3) is 11.2. The van der Waals surface area contributed by atoms with Crippen LogP contribution >= 0.6 is 0 Å². The highest BCUT2D eigenvalue weighted by atomic mass is 19.3. The summed E-state index contributed by atoms with van der Waals surface area (Å²) in [5.74, 6) is -2.37. The molecular weight excluding hydrogens is 342 g/mol. The molecule has 2 amide bonds. The SMILES string of the molecule is CC(C)CC(NC(=O)OC(C)(C)C)C(=O)N[C@@H](COC(F)F)C(=O)O. The standard InChI is InChI=1S/C15H26F2N2O6/c1-8(2)6-9(19-14(23)25-15(3,4)5)11(20)18-10(12(21)22)7-24-13(16)17/h8-10,13H,6-7H2,1-5H3,(H,18,20)(H,19,23)(H,21,22)/t9?,10-/m0/s1. The molecule has 0 aromatic rings. The maximum Gasteiger partial charge on any atom is 0.408 e. The fraction of sp³-hybridized carbons (Fsp3) is 0.800. The van der Waals surface area contributed by atoms with Crippen LogP contribution in [0.4, 0.5) is 13.6 Å². The van der Waals surface area contributed by atoms with Crippen molar-refractivity contribution >= 4 is 18.0 Å². The molecule has 0 aliphatic rings. The Morgan fingerprint density at radius 2 is 1.64 bits per heavy atom. The lowest BCUT2D eigenvalue weighted by Crippen LogP contribution is -2.54. The molecule has 1 unspecified atom stereocenters. The van der Waals surface area contributed by atoms with E-state index in [1.807, 2.05) is 0 Å². The van der Waals surface area contributed by atoms with Crippen LogP contribution in [0.2, 0.25) is 0 Å². The Kier molecular flexibility index (Phi) is 9.32. The number of alkyl carbamates (subject to hydrolysis) is 1. The first kappa shape index (κ1) is 23.0. The Morgan fingerprint density at radius 3 is 2.04 bits per heavy atom. The number of halogens is 2. The van der Waals surface area contributed by atoms with E-state index in [1.165, 1.54) is 0 Å². The zero-order valence-corrected chi connectivity index (χ0v) is 15.0. The van der Waals surface area contributed by atoms with E-state index in [0.29, 0.717) is 0 Å². The Bertz CT molecular complexity index is 465. The van der Waals surface area contributed by atoms with Gasteiger partial charge in [-0.2, -0.15) is 8.78 Å². The third-order valence-electron chi connectivity index (χ3n) is 2.72. The number of hydrogen-bond donors (Lipinski definition) is 3. The molecule has 10 heteroatoms. The maximum atomic E-state index is 12.3. The first-order valence-electron chi connectivity index (χ1n) is 7.74. The molecule has 0 aromatic carbocycles. The Morgan fingerprint density at radius 1 is 1.08 bits per heavy atom. The number of aliphatic carboxylic acids is 1. The predicted molar refractivity (Wildman–Crippen MR) is 84.1 cm³/mol. The summed E-state index contributed by atoms with van der Waals surface area (Å²) >= 11 is 0. The lowest BCUT2D eigenvalue weighted by Gasteiger charge is -2.25. The van der Waals surface area contributed by atoms with Crippen LogP contribution < -0.4 is 10.6 Å². The summed E-state index contributed by atoms with van der Waals surface area (Å²) in [6.07, 6.45) is -0.642. The zero-order valence-electron chi connectivity index (χ0n) is 15.0. The summed E-state index contributed by atoms with van der Waals surface area (Å²) < 4.78 is 33.1. The van der Waals surface area contributed by atoms with Crippen LogP contribution in [0.15, 0.2) is 0 Å². The normalized spacial score (nSPS) is 14.1. The molecule has 2 atom stereocenters. The van der Waals surface area contributed by atoms with Crippen molar-refractivity contribution in [2.24, 2.45) is 5.92 Å². The van der Waals surface area contributed by atoms with E-state index in [4.69, 9.17) is 9.84 Å². The van der Waals surface area contributed by atoms with Gasteiger partial charge in [-0.05, 0) is 33.1 Å². The molecule has 3 N–H and O–H groups in total. The summed E-state index contributed by atoms with van der Waals surface area (Å²) in [4.78, 5) is 35.1. The van der Waals surface area contributed by atoms with Crippen molar-refractivity contribution in [2.45, 2.75) is 65.3 Å². The maximum absolute atomic E-state index is 12.3. The van der Waals surface area contributed by atoms with Gasteiger partial charge in [0.2, 0.25) is 5.91 Å². The molecule has 8 nitrogen and oxygen atoms in total. The number of amides is 2. The van der Waals surface area contributed by atoms with E-state index >= 15 is 0 Å². The molecule has 146 valence electrons. The lowest BCUT2D eigenvalue weighted by atomic mass is 10.0. The van der Waals surface area contributed by atoms with Gasteiger partial charge in [-0.3, -0.25) is 4.79 Å². The van der Waals surface area contributed by atoms with Crippen LogP contribution in [-0.2, 0) is 19.1 Å². The smallest absolute Gasteiger partial charge is 0.408 e. The number of carbonyl (C=O) groups is 3. The Balaban J connectivity index is 4.96. The summed E-state index contributed by atoms with van der Waals surface area (Å²) in [5.41, 5.74) is -0.780. The number of rotatable bonds is 9. The highest BCUT2D eigenvalue weighted by Crippen LogP contribution is 2.10. The molecule has 0 aliphatic heterocycles. The molecule has 0 rings (SSSR count). The molecular formula is C15H26F2N2O6. The Labute approximate surface area is 145 Å². The van der Waals surface area contributed by atoms with Gasteiger partial charge in [0, 0.05) is 0 Å². The number of nitrogens with one attached hydrogen (secondary N) is 2. The second-order valence-corrected chi connectivity index (χ2v) is 6.82. The van der Waals surface area contributed by atoms with Crippen molar-refractivity contribution in [1.29, 1.82) is 0 Å². The van der Waals surface area contributed by atoms with Crippen molar-refractivity contribution in [3.05, 3.63) is 0 Å². The minimum atomic E-state index is -3.16. The van der Waals surface area contributed by atoms with E-state index in [1.54, 1.807) is 34.6 Å². The number of carbonyl (C=O) groups excluding carboxylic acids is 2. The minimum absolute atomic E-state index is 0.00808. The molecule has 0 fully saturated rings. The number of carboxylic acid groups (broad SMARTS) is 1. The summed E-state index contributed by atoms with van der Waals surface area (Å²) in [6, 6.07) is -2.75. The largest absolute Gasteiger partial charge is 0.480 e. The number of ether oxygens (including phenoxy) is 2. The third-order valence-corrected chi connectivity index (χ3v) is 2.72. The first-order valence-corrected chi connectivity index (χ1v) is 7.74. The van der Waals surface area contributed by atoms with E-state index < -0.39 is 48.9 Å². The molecule has 0 aromatic heterocycles. The second-order valence-electron chi connectivity index (χ2n) is 6.82. The van der Waals surface area contributed by atoms with Crippen LogP contribution in [0.3, 0.4) is 0 Å². The molecule has 0 heterocycles. The number of hydrogen-bond acceptors (Lipinski definition) is 5. The van der Waals surface area contributed by atoms with Crippen LogP contribution in [-0.4, -0.2) is 54.0 Å². The molecule has 0 aliphatic carbocycles. The van der Waals surface area contributed by atoms with Crippen LogP contribution in [0.5, 0.6) is 0 Å². The van der Waals surface area contributed by atoms with Gasteiger partial charge in [0.25, 0.3) is 0 Å². The average molecular weight is 368 g/mol. The first-order chi connectivity index (χ1) is 11.3. The second kappa shape index (κ2) is 10.1.